The van der Waals surface area contributed by atoms with Gasteiger partial charge in [0.1, 0.15) is 5.41 Å². The van der Waals surface area contributed by atoms with Gasteiger partial charge in [-0.15, -0.1) is 0 Å². The van der Waals surface area contributed by atoms with Crippen molar-refractivity contribution in [2.45, 2.75) is 13.8 Å². The van der Waals surface area contributed by atoms with Gasteiger partial charge in [-0.3, -0.25) is 4.79 Å². The zero-order valence-corrected chi connectivity index (χ0v) is 8.86. The molecule has 0 heterocycles. The van der Waals surface area contributed by atoms with Crippen molar-refractivity contribution in [2.75, 3.05) is 26.4 Å². The van der Waals surface area contributed by atoms with Crippen molar-refractivity contribution in [2.24, 2.45) is 5.41 Å². The Morgan fingerprint density at radius 2 is 1.73 bits per heavy atom. The number of aliphatic hydroxyl groups is 2. The molecule has 6 nitrogen and oxygen atoms in total. The maximum atomic E-state index is 11.3. The van der Waals surface area contributed by atoms with Gasteiger partial charge in [0.05, 0.1) is 19.8 Å². The second-order valence-corrected chi connectivity index (χ2v) is 3.26. The molecule has 0 amide bonds. The van der Waals surface area contributed by atoms with E-state index in [1.165, 1.54) is 6.92 Å². The molecule has 15 heavy (non-hydrogen) atoms. The van der Waals surface area contributed by atoms with E-state index in [9.17, 15) is 9.59 Å². The van der Waals surface area contributed by atoms with Gasteiger partial charge in [0.25, 0.3) is 0 Å². The molecule has 0 rings (SSSR count). The molecule has 0 aromatic carbocycles. The molecular formula is C9H16O6. The topological polar surface area (TPSA) is 93.1 Å². The number of hydrogen-bond donors (Lipinski definition) is 2. The van der Waals surface area contributed by atoms with Crippen molar-refractivity contribution in [3.63, 3.8) is 0 Å². The van der Waals surface area contributed by atoms with E-state index in [-0.39, 0.29) is 6.61 Å². The summed E-state index contributed by atoms with van der Waals surface area (Å²) in [5.74, 6) is -1.50. The lowest BCUT2D eigenvalue weighted by molar-refractivity contribution is -0.168. The Labute approximate surface area is 87.8 Å². The van der Waals surface area contributed by atoms with Gasteiger partial charge in [-0.1, -0.05) is 0 Å². The van der Waals surface area contributed by atoms with Gasteiger partial charge >= 0.3 is 11.9 Å². The molecule has 0 aromatic heterocycles. The molecule has 6 heteroatoms. The summed E-state index contributed by atoms with van der Waals surface area (Å²) >= 11 is 0. The first-order valence-electron chi connectivity index (χ1n) is 4.54. The molecule has 0 aliphatic rings. The largest absolute Gasteiger partial charge is 0.463 e. The van der Waals surface area contributed by atoms with Crippen molar-refractivity contribution < 1.29 is 29.3 Å². The van der Waals surface area contributed by atoms with Crippen LogP contribution in [-0.4, -0.2) is 48.6 Å². The molecule has 2 N–H and O–H groups in total. The van der Waals surface area contributed by atoms with Gasteiger partial charge in [0, 0.05) is 0 Å². The molecule has 0 bridgehead atoms. The molecule has 0 fully saturated rings. The van der Waals surface area contributed by atoms with Crippen molar-refractivity contribution in [1.29, 1.82) is 0 Å². The zero-order chi connectivity index (χ0) is 11.9. The van der Waals surface area contributed by atoms with Crippen molar-refractivity contribution in [3.05, 3.63) is 0 Å². The van der Waals surface area contributed by atoms with Crippen molar-refractivity contribution in [1.82, 2.24) is 0 Å². The van der Waals surface area contributed by atoms with Gasteiger partial charge in [0.2, 0.25) is 0 Å². The van der Waals surface area contributed by atoms with Crippen LogP contribution >= 0.6 is 0 Å². The molecule has 0 aromatic rings. The van der Waals surface area contributed by atoms with Crippen LogP contribution in [0.5, 0.6) is 0 Å². The van der Waals surface area contributed by atoms with Crippen LogP contribution in [0.3, 0.4) is 0 Å². The molecule has 0 aliphatic carbocycles. The van der Waals surface area contributed by atoms with E-state index in [0.717, 1.165) is 0 Å². The SMILES string of the molecule is CCOC(=O)COC(=O)C(C)(CO)CO. The van der Waals surface area contributed by atoms with E-state index in [1.54, 1.807) is 6.92 Å². The normalized spacial score (nSPS) is 10.9. The summed E-state index contributed by atoms with van der Waals surface area (Å²) in [6.45, 7) is 1.55. The lowest BCUT2D eigenvalue weighted by Gasteiger charge is -2.21. The van der Waals surface area contributed by atoms with Crippen LogP contribution in [0.25, 0.3) is 0 Å². The summed E-state index contributed by atoms with van der Waals surface area (Å²) in [5, 5.41) is 17.7. The lowest BCUT2D eigenvalue weighted by atomic mass is 9.93. The predicted molar refractivity (Wildman–Crippen MR) is 49.9 cm³/mol. The van der Waals surface area contributed by atoms with Gasteiger partial charge in [-0.05, 0) is 13.8 Å². The van der Waals surface area contributed by atoms with Crippen LogP contribution < -0.4 is 0 Å². The molecule has 0 spiro atoms. The van der Waals surface area contributed by atoms with E-state index in [2.05, 4.69) is 9.47 Å². The summed E-state index contributed by atoms with van der Waals surface area (Å²) in [7, 11) is 0. The maximum absolute atomic E-state index is 11.3. The number of hydrogen-bond acceptors (Lipinski definition) is 6. The first-order chi connectivity index (χ1) is 7.00. The monoisotopic (exact) mass is 220 g/mol. The summed E-state index contributed by atoms with van der Waals surface area (Å²) in [5.41, 5.74) is -1.38. The van der Waals surface area contributed by atoms with Gasteiger partial charge in [-0.25, -0.2) is 4.79 Å². The highest BCUT2D eigenvalue weighted by atomic mass is 16.6. The third kappa shape index (κ3) is 4.26. The molecule has 0 saturated carbocycles. The minimum absolute atomic E-state index is 0.202. The molecule has 0 aliphatic heterocycles. The van der Waals surface area contributed by atoms with Crippen LogP contribution in [0, 0.1) is 5.41 Å². The fourth-order valence-corrected chi connectivity index (χ4v) is 0.680. The number of carbonyl (C=O) groups excluding carboxylic acids is 2. The quantitative estimate of drug-likeness (QED) is 0.562. The molecule has 88 valence electrons. The van der Waals surface area contributed by atoms with Crippen LogP contribution in [-0.2, 0) is 19.1 Å². The average molecular weight is 220 g/mol. The Morgan fingerprint density at radius 1 is 1.20 bits per heavy atom. The fraction of sp³-hybridized carbons (Fsp3) is 0.778. The lowest BCUT2D eigenvalue weighted by Crippen LogP contribution is -2.38. The summed E-state index contributed by atoms with van der Waals surface area (Å²) in [6, 6.07) is 0. The van der Waals surface area contributed by atoms with Gasteiger partial charge < -0.3 is 19.7 Å². The maximum Gasteiger partial charge on any atom is 0.344 e. The minimum atomic E-state index is -1.38. The first kappa shape index (κ1) is 13.9. The molecule has 0 radical (unpaired) electrons. The highest BCUT2D eigenvalue weighted by Gasteiger charge is 2.34. The Hall–Kier alpha value is -1.14. The third-order valence-corrected chi connectivity index (χ3v) is 1.82. The smallest absolute Gasteiger partial charge is 0.344 e. The number of esters is 2. The van der Waals surface area contributed by atoms with Gasteiger partial charge in [0.15, 0.2) is 6.61 Å². The standard InChI is InChI=1S/C9H16O6/c1-3-14-7(12)4-15-8(13)9(2,5-10)6-11/h10-11H,3-6H2,1-2H3. The summed E-state index contributed by atoms with van der Waals surface area (Å²) in [4.78, 5) is 22.1. The van der Waals surface area contributed by atoms with Crippen molar-refractivity contribution >= 4 is 11.9 Å². The third-order valence-electron chi connectivity index (χ3n) is 1.82. The minimum Gasteiger partial charge on any atom is -0.463 e. The van der Waals surface area contributed by atoms with Crippen molar-refractivity contribution in [3.8, 4) is 0 Å². The number of aliphatic hydroxyl groups excluding tert-OH is 2. The Kier molecular flexibility index (Phi) is 5.88. The van der Waals surface area contributed by atoms with Crippen LogP contribution in [0.4, 0.5) is 0 Å². The highest BCUT2D eigenvalue weighted by Crippen LogP contribution is 2.16. The van der Waals surface area contributed by atoms with Crippen LogP contribution in [0.15, 0.2) is 0 Å². The molecule has 0 saturated heterocycles. The Balaban J connectivity index is 4.08. The average Bonchev–Trinajstić information content (AvgIpc) is 2.25. The van der Waals surface area contributed by atoms with E-state index < -0.39 is 37.2 Å². The second-order valence-electron chi connectivity index (χ2n) is 3.26. The van der Waals surface area contributed by atoms with Crippen LogP contribution in [0.2, 0.25) is 0 Å². The van der Waals surface area contributed by atoms with E-state index in [1.807, 2.05) is 0 Å². The number of carbonyl (C=O) groups is 2. The number of rotatable bonds is 6. The fourth-order valence-electron chi connectivity index (χ4n) is 0.680. The molecule has 0 unspecified atom stereocenters. The van der Waals surface area contributed by atoms with E-state index in [0.29, 0.717) is 0 Å². The van der Waals surface area contributed by atoms with E-state index >= 15 is 0 Å². The van der Waals surface area contributed by atoms with Crippen LogP contribution in [0.1, 0.15) is 13.8 Å². The Bertz CT molecular complexity index is 221. The van der Waals surface area contributed by atoms with Gasteiger partial charge in [-0.2, -0.15) is 0 Å². The zero-order valence-electron chi connectivity index (χ0n) is 8.86. The Morgan fingerprint density at radius 3 is 2.13 bits per heavy atom. The molecule has 0 atom stereocenters. The predicted octanol–water partition coefficient (Wildman–Crippen LogP) is -0.916. The number of ether oxygens (including phenoxy) is 2. The summed E-state index contributed by atoms with van der Waals surface area (Å²) in [6.07, 6.45) is 0. The van der Waals surface area contributed by atoms with E-state index in [4.69, 9.17) is 10.2 Å². The second kappa shape index (κ2) is 6.36. The highest BCUT2D eigenvalue weighted by molar-refractivity contribution is 5.80. The summed E-state index contributed by atoms with van der Waals surface area (Å²) < 4.78 is 9.10. The first-order valence-corrected chi connectivity index (χ1v) is 4.54. The molecular weight excluding hydrogens is 204 g/mol.